The van der Waals surface area contributed by atoms with E-state index in [1.165, 1.54) is 61.7 Å². The maximum absolute atomic E-state index is 17.3. The summed E-state index contributed by atoms with van der Waals surface area (Å²) in [4.78, 5) is -0.890. The van der Waals surface area contributed by atoms with Crippen LogP contribution in [0.25, 0.3) is 10.8 Å². The molecule has 0 heterocycles. The van der Waals surface area contributed by atoms with Crippen LogP contribution in [-0.2, 0) is 19.7 Å². The SMILES string of the molecule is C=C[C@@H](c1ccc2cc(OC)ccc2c1)C(F)(S(=O)(=O)c1ccccc1)S(=O)(=O)c1ccccc1. The van der Waals surface area contributed by atoms with Crippen molar-refractivity contribution >= 4 is 30.4 Å². The van der Waals surface area contributed by atoms with E-state index in [0.717, 1.165) is 11.5 Å². The van der Waals surface area contributed by atoms with Crippen molar-refractivity contribution in [3.63, 3.8) is 0 Å². The molecular formula is C27H23FO5S2. The van der Waals surface area contributed by atoms with Crippen LogP contribution in [0, 0.1) is 0 Å². The van der Waals surface area contributed by atoms with Crippen LogP contribution in [0.5, 0.6) is 5.75 Å². The second-order valence-electron chi connectivity index (χ2n) is 7.90. The largest absolute Gasteiger partial charge is 0.497 e. The molecule has 0 aliphatic rings. The molecule has 0 spiro atoms. The number of hydrogen-bond acceptors (Lipinski definition) is 5. The average Bonchev–Trinajstić information content (AvgIpc) is 2.89. The Morgan fingerprint density at radius 2 is 1.26 bits per heavy atom. The van der Waals surface area contributed by atoms with Gasteiger partial charge in [0.1, 0.15) is 5.75 Å². The van der Waals surface area contributed by atoms with Crippen LogP contribution < -0.4 is 4.74 Å². The first kappa shape index (κ1) is 24.6. The minimum atomic E-state index is -5.08. The van der Waals surface area contributed by atoms with Gasteiger partial charge in [-0.15, -0.1) is 6.58 Å². The molecule has 0 aliphatic carbocycles. The van der Waals surface area contributed by atoms with Gasteiger partial charge in [0.2, 0.25) is 19.7 Å². The molecule has 4 rings (SSSR count). The molecule has 4 aromatic rings. The van der Waals surface area contributed by atoms with Gasteiger partial charge in [0.25, 0.3) is 0 Å². The number of halogens is 1. The number of hydrogen-bond donors (Lipinski definition) is 0. The van der Waals surface area contributed by atoms with Crippen molar-refractivity contribution in [1.29, 1.82) is 0 Å². The molecule has 5 nitrogen and oxygen atoms in total. The summed E-state index contributed by atoms with van der Waals surface area (Å²) in [5, 5.41) is 1.42. The van der Waals surface area contributed by atoms with Crippen LogP contribution in [0.1, 0.15) is 11.5 Å². The number of sulfone groups is 2. The van der Waals surface area contributed by atoms with Gasteiger partial charge in [-0.05, 0) is 52.7 Å². The second-order valence-corrected chi connectivity index (χ2v) is 12.3. The Morgan fingerprint density at radius 3 is 1.74 bits per heavy atom. The van der Waals surface area contributed by atoms with E-state index in [1.54, 1.807) is 42.5 Å². The second kappa shape index (κ2) is 9.28. The van der Waals surface area contributed by atoms with Gasteiger partial charge in [0, 0.05) is 0 Å². The molecule has 0 aliphatic heterocycles. The third kappa shape index (κ3) is 4.02. The summed E-state index contributed by atoms with van der Waals surface area (Å²) < 4.78 is 73.9. The minimum absolute atomic E-state index is 0.152. The summed E-state index contributed by atoms with van der Waals surface area (Å²) in [6.45, 7) is 3.64. The molecule has 1 atom stereocenters. The van der Waals surface area contributed by atoms with Crippen molar-refractivity contribution in [3.8, 4) is 5.75 Å². The normalized spacial score (nSPS) is 13.3. The van der Waals surface area contributed by atoms with Crippen LogP contribution in [0.2, 0.25) is 0 Å². The van der Waals surface area contributed by atoms with Crippen LogP contribution in [0.4, 0.5) is 4.39 Å². The van der Waals surface area contributed by atoms with E-state index in [2.05, 4.69) is 6.58 Å². The molecule has 8 heteroatoms. The molecule has 35 heavy (non-hydrogen) atoms. The lowest BCUT2D eigenvalue weighted by Crippen LogP contribution is -2.47. The summed E-state index contributed by atoms with van der Waals surface area (Å²) in [6.07, 6.45) is 1.03. The highest BCUT2D eigenvalue weighted by atomic mass is 32.3. The molecular weight excluding hydrogens is 487 g/mol. The number of methoxy groups -OCH3 is 1. The molecule has 0 amide bonds. The van der Waals surface area contributed by atoms with Crippen LogP contribution in [0.3, 0.4) is 0 Å². The third-order valence-corrected chi connectivity index (χ3v) is 11.0. The molecule has 0 saturated carbocycles. The topological polar surface area (TPSA) is 77.5 Å². The van der Waals surface area contributed by atoms with Gasteiger partial charge < -0.3 is 4.74 Å². The Kier molecular flexibility index (Phi) is 6.53. The highest BCUT2D eigenvalue weighted by Crippen LogP contribution is 2.48. The smallest absolute Gasteiger partial charge is 0.327 e. The minimum Gasteiger partial charge on any atom is -0.497 e. The Morgan fingerprint density at radius 1 is 0.771 bits per heavy atom. The lowest BCUT2D eigenvalue weighted by Gasteiger charge is -2.31. The summed E-state index contributed by atoms with van der Waals surface area (Å²) >= 11 is 0. The Labute approximate surface area is 204 Å². The van der Waals surface area contributed by atoms with E-state index >= 15 is 4.39 Å². The van der Waals surface area contributed by atoms with Crippen molar-refractivity contribution in [2.24, 2.45) is 0 Å². The van der Waals surface area contributed by atoms with E-state index in [1.807, 2.05) is 0 Å². The van der Waals surface area contributed by atoms with E-state index in [0.29, 0.717) is 11.1 Å². The zero-order valence-corrected chi connectivity index (χ0v) is 20.5. The van der Waals surface area contributed by atoms with E-state index in [9.17, 15) is 16.8 Å². The van der Waals surface area contributed by atoms with Crippen molar-refractivity contribution < 1.29 is 26.0 Å². The van der Waals surface area contributed by atoms with Crippen molar-refractivity contribution in [1.82, 2.24) is 0 Å². The molecule has 4 aromatic carbocycles. The summed E-state index contributed by atoms with van der Waals surface area (Å²) in [7, 11) is -8.62. The zero-order valence-electron chi connectivity index (χ0n) is 18.8. The standard InChI is InChI=1S/C27H23FO5S2/c1-3-26(22-15-14-21-19-23(33-2)17-16-20(21)18-22)27(28,34(29,30)24-10-6-4-7-11-24)35(31,32)25-12-8-5-9-13-25/h3-19,26H,1H2,2H3/t26-/m0/s1. The average molecular weight is 511 g/mol. The lowest BCUT2D eigenvalue weighted by atomic mass is 9.97. The van der Waals surface area contributed by atoms with Crippen LogP contribution in [0.15, 0.2) is 120 Å². The first-order chi connectivity index (χ1) is 16.7. The molecule has 0 radical (unpaired) electrons. The van der Waals surface area contributed by atoms with Gasteiger partial charge in [-0.25, -0.2) is 21.2 Å². The monoisotopic (exact) mass is 510 g/mol. The molecule has 0 saturated heterocycles. The third-order valence-electron chi connectivity index (χ3n) is 5.88. The van der Waals surface area contributed by atoms with Crippen LogP contribution in [-0.4, -0.2) is 28.3 Å². The van der Waals surface area contributed by atoms with Crippen molar-refractivity contribution in [2.45, 2.75) is 20.0 Å². The Hall–Kier alpha value is -3.49. The fourth-order valence-electron chi connectivity index (χ4n) is 4.04. The maximum Gasteiger partial charge on any atom is 0.327 e. The molecule has 180 valence electrons. The number of fused-ring (bicyclic) bond motifs is 1. The van der Waals surface area contributed by atoms with E-state index in [-0.39, 0.29) is 5.56 Å². The van der Waals surface area contributed by atoms with Gasteiger partial charge in [-0.1, -0.05) is 66.7 Å². The predicted molar refractivity (Wildman–Crippen MR) is 135 cm³/mol. The Bertz CT molecular complexity index is 1510. The van der Waals surface area contributed by atoms with Gasteiger partial charge >= 0.3 is 4.33 Å². The molecule has 0 bridgehead atoms. The molecule has 0 aromatic heterocycles. The maximum atomic E-state index is 17.3. The first-order valence-electron chi connectivity index (χ1n) is 10.7. The Balaban J connectivity index is 2.00. The summed E-state index contributed by atoms with van der Waals surface area (Å²) in [5.74, 6) is -1.12. The number of rotatable bonds is 8. The molecule has 0 N–H and O–H groups in total. The summed E-state index contributed by atoms with van der Waals surface area (Å²) in [6, 6.07) is 23.4. The van der Waals surface area contributed by atoms with Gasteiger partial charge in [-0.2, -0.15) is 0 Å². The van der Waals surface area contributed by atoms with Gasteiger partial charge in [0.05, 0.1) is 22.8 Å². The van der Waals surface area contributed by atoms with Gasteiger partial charge in [-0.3, -0.25) is 0 Å². The fourth-order valence-corrected chi connectivity index (χ4v) is 8.58. The number of ether oxygens (including phenoxy) is 1. The highest BCUT2D eigenvalue weighted by molar-refractivity contribution is 8.10. The molecule has 0 fully saturated rings. The number of alkyl halides is 1. The van der Waals surface area contributed by atoms with E-state index < -0.39 is 39.7 Å². The summed E-state index contributed by atoms with van der Waals surface area (Å²) in [5.41, 5.74) is 0.152. The van der Waals surface area contributed by atoms with Crippen LogP contribution >= 0.6 is 0 Å². The quantitative estimate of drug-likeness (QED) is 0.285. The first-order valence-corrected chi connectivity index (χ1v) is 13.6. The fraction of sp³-hybridized carbons (Fsp3) is 0.111. The highest BCUT2D eigenvalue weighted by Gasteiger charge is 2.62. The van der Waals surface area contributed by atoms with Crippen molar-refractivity contribution in [3.05, 3.63) is 115 Å². The predicted octanol–water partition coefficient (Wildman–Crippen LogP) is 5.69. The van der Waals surface area contributed by atoms with Gasteiger partial charge in [0.15, 0.2) is 0 Å². The zero-order chi connectivity index (χ0) is 25.3. The lowest BCUT2D eigenvalue weighted by molar-refractivity contribution is 0.331. The van der Waals surface area contributed by atoms with E-state index in [4.69, 9.17) is 4.74 Å². The number of allylic oxidation sites excluding steroid dienone is 1. The number of benzene rings is 4. The van der Waals surface area contributed by atoms with Crippen molar-refractivity contribution in [2.75, 3.05) is 7.11 Å². The molecule has 0 unspecified atom stereocenters.